The molecule has 1 amide bonds. The Labute approximate surface area is 293 Å². The number of carbonyl (C=O) groups excluding carboxylic acids is 1. The van der Waals surface area contributed by atoms with E-state index in [1.165, 1.54) is 193 Å². The number of rotatable bonds is 35. The van der Waals surface area contributed by atoms with Gasteiger partial charge in [0.1, 0.15) is 5.75 Å². The van der Waals surface area contributed by atoms with Gasteiger partial charge in [-0.1, -0.05) is 206 Å². The number of anilines is 1. The molecule has 0 aliphatic rings. The zero-order valence-corrected chi connectivity index (χ0v) is 31.7. The number of phenolic OH excluding ortho intramolecular Hbond substituents is 1. The van der Waals surface area contributed by atoms with Crippen molar-refractivity contribution in [2.45, 2.75) is 219 Å². The summed E-state index contributed by atoms with van der Waals surface area (Å²) in [5, 5.41) is 10.4. The minimum Gasteiger partial charge on any atom is -0.507 e. The molecule has 0 fully saturated rings. The molecule has 0 bridgehead atoms. The third-order valence-electron chi connectivity index (χ3n) is 10.1. The van der Waals surface area contributed by atoms with Gasteiger partial charge in [0.2, 0.25) is 0 Å². The van der Waals surface area contributed by atoms with Gasteiger partial charge in [0.25, 0.3) is 5.91 Å². The van der Waals surface area contributed by atoms with Crippen LogP contribution in [0.3, 0.4) is 0 Å². The molecule has 274 valence electrons. The number of hydrogen-bond donors (Lipinski definition) is 2. The van der Waals surface area contributed by atoms with Gasteiger partial charge in [-0.25, -0.2) is 0 Å². The smallest absolute Gasteiger partial charge is 0.257 e. The lowest BCUT2D eigenvalue weighted by Crippen LogP contribution is -2.33. The van der Waals surface area contributed by atoms with Gasteiger partial charge in [-0.15, -0.1) is 0 Å². The Hall–Kier alpha value is -1.71. The summed E-state index contributed by atoms with van der Waals surface area (Å²) < 4.78 is 0. The summed E-state index contributed by atoms with van der Waals surface area (Å²) in [6, 6.07) is 4.83. The second kappa shape index (κ2) is 32.8. The van der Waals surface area contributed by atoms with Crippen molar-refractivity contribution in [3.8, 4) is 5.75 Å². The number of hydrogen-bond acceptors (Lipinski definition) is 3. The first-order chi connectivity index (χ1) is 23.1. The first kappa shape index (κ1) is 43.3. The van der Waals surface area contributed by atoms with Gasteiger partial charge in [-0.3, -0.25) is 4.79 Å². The molecular formula is C43H80N2O2. The van der Waals surface area contributed by atoms with Crippen molar-refractivity contribution in [3.63, 3.8) is 0 Å². The molecule has 47 heavy (non-hydrogen) atoms. The van der Waals surface area contributed by atoms with E-state index in [2.05, 4.69) is 13.8 Å². The molecule has 1 aromatic rings. The van der Waals surface area contributed by atoms with Gasteiger partial charge in [0.15, 0.2) is 0 Å². The lowest BCUT2D eigenvalue weighted by molar-refractivity contribution is 0.0746. The van der Waals surface area contributed by atoms with E-state index in [1.807, 2.05) is 4.90 Å². The third-order valence-corrected chi connectivity index (χ3v) is 10.1. The van der Waals surface area contributed by atoms with Crippen LogP contribution in [0.1, 0.15) is 230 Å². The maximum atomic E-state index is 13.4. The SMILES string of the molecule is CCCCCCCCCCCCCCCCCCN(CCCCCCCCCCCCCCCCCC)C(=O)c1cc(N)ccc1O. The molecule has 3 N–H and O–H groups in total. The zero-order chi connectivity index (χ0) is 34.0. The number of nitrogens with two attached hydrogens (primary N) is 1. The van der Waals surface area contributed by atoms with Gasteiger partial charge < -0.3 is 15.7 Å². The van der Waals surface area contributed by atoms with Crippen LogP contribution in [0.4, 0.5) is 5.69 Å². The van der Waals surface area contributed by atoms with Crippen LogP contribution in [-0.2, 0) is 0 Å². The predicted molar refractivity (Wildman–Crippen MR) is 208 cm³/mol. The largest absolute Gasteiger partial charge is 0.507 e. The summed E-state index contributed by atoms with van der Waals surface area (Å²) in [4.78, 5) is 15.4. The maximum absolute atomic E-state index is 13.4. The molecule has 4 nitrogen and oxygen atoms in total. The summed E-state index contributed by atoms with van der Waals surface area (Å²) in [7, 11) is 0. The van der Waals surface area contributed by atoms with Crippen molar-refractivity contribution in [3.05, 3.63) is 23.8 Å². The highest BCUT2D eigenvalue weighted by Crippen LogP contribution is 2.23. The number of amides is 1. The Kier molecular flexibility index (Phi) is 30.2. The van der Waals surface area contributed by atoms with Gasteiger partial charge in [0, 0.05) is 18.8 Å². The van der Waals surface area contributed by atoms with Crippen LogP contribution in [0.2, 0.25) is 0 Å². The fraction of sp³-hybridized carbons (Fsp3) is 0.837. The molecule has 0 aliphatic heterocycles. The topological polar surface area (TPSA) is 66.6 Å². The highest BCUT2D eigenvalue weighted by Gasteiger charge is 2.19. The molecular weight excluding hydrogens is 576 g/mol. The van der Waals surface area contributed by atoms with E-state index in [1.54, 1.807) is 18.2 Å². The van der Waals surface area contributed by atoms with Crippen LogP contribution in [0.15, 0.2) is 18.2 Å². The van der Waals surface area contributed by atoms with Crippen LogP contribution in [0.25, 0.3) is 0 Å². The van der Waals surface area contributed by atoms with Crippen LogP contribution in [0, 0.1) is 0 Å². The quantitative estimate of drug-likeness (QED) is 0.0434. The van der Waals surface area contributed by atoms with Crippen LogP contribution in [-0.4, -0.2) is 29.0 Å². The number of aromatic hydroxyl groups is 1. The van der Waals surface area contributed by atoms with Crippen molar-refractivity contribution >= 4 is 11.6 Å². The Balaban J connectivity index is 2.16. The summed E-state index contributed by atoms with van der Waals surface area (Å²) in [6.45, 7) is 6.11. The highest BCUT2D eigenvalue weighted by atomic mass is 16.3. The highest BCUT2D eigenvalue weighted by molar-refractivity contribution is 5.97. The number of benzene rings is 1. The summed E-state index contributed by atoms with van der Waals surface area (Å²) in [6.07, 6.45) is 43.2. The molecule has 0 unspecified atom stereocenters. The summed E-state index contributed by atoms with van der Waals surface area (Å²) in [5.41, 5.74) is 6.83. The van der Waals surface area contributed by atoms with Crippen LogP contribution >= 0.6 is 0 Å². The normalized spacial score (nSPS) is 11.4. The van der Waals surface area contributed by atoms with Crippen molar-refractivity contribution in [1.29, 1.82) is 0 Å². The summed E-state index contributed by atoms with van der Waals surface area (Å²) >= 11 is 0. The Morgan fingerprint density at radius 2 is 0.766 bits per heavy atom. The van der Waals surface area contributed by atoms with Crippen molar-refractivity contribution < 1.29 is 9.90 Å². The Bertz CT molecular complexity index is 790. The van der Waals surface area contributed by atoms with E-state index in [0.29, 0.717) is 11.3 Å². The van der Waals surface area contributed by atoms with Crippen molar-refractivity contribution in [1.82, 2.24) is 4.90 Å². The second-order valence-electron chi connectivity index (χ2n) is 14.7. The molecule has 0 spiro atoms. The number of carbonyl (C=O) groups is 1. The molecule has 0 aliphatic carbocycles. The fourth-order valence-corrected chi connectivity index (χ4v) is 6.91. The van der Waals surface area contributed by atoms with Crippen LogP contribution < -0.4 is 5.73 Å². The Morgan fingerprint density at radius 1 is 0.489 bits per heavy atom. The Morgan fingerprint density at radius 3 is 1.06 bits per heavy atom. The van der Waals surface area contributed by atoms with Gasteiger partial charge >= 0.3 is 0 Å². The van der Waals surface area contributed by atoms with Crippen molar-refractivity contribution in [2.75, 3.05) is 18.8 Å². The van der Waals surface area contributed by atoms with Crippen molar-refractivity contribution in [2.24, 2.45) is 0 Å². The minimum absolute atomic E-state index is 0.0353. The van der Waals surface area contributed by atoms with Crippen LogP contribution in [0.5, 0.6) is 5.75 Å². The third kappa shape index (κ3) is 25.9. The summed E-state index contributed by atoms with van der Waals surface area (Å²) in [5.74, 6) is -0.0372. The minimum atomic E-state index is -0.0725. The standard InChI is InChI=1S/C43H80N2O2/c1-3-5-7-9-11-13-15-17-19-21-23-25-27-29-31-33-37-45(43(47)41-39-40(44)35-36-42(41)46)38-34-32-30-28-26-24-22-20-18-16-14-12-10-8-6-4-2/h35-36,39,46H,3-34,37-38,44H2,1-2H3. The molecule has 0 heterocycles. The van der Waals surface area contributed by atoms with Gasteiger partial charge in [-0.2, -0.15) is 0 Å². The first-order valence-electron chi connectivity index (χ1n) is 21.0. The first-order valence-corrected chi connectivity index (χ1v) is 21.0. The van der Waals surface area contributed by atoms with Gasteiger partial charge in [-0.05, 0) is 31.0 Å². The molecule has 1 rings (SSSR count). The molecule has 0 aromatic heterocycles. The van der Waals surface area contributed by atoms with E-state index < -0.39 is 0 Å². The number of phenols is 1. The molecule has 1 aromatic carbocycles. The second-order valence-corrected chi connectivity index (χ2v) is 14.7. The van der Waals surface area contributed by atoms with E-state index >= 15 is 0 Å². The molecule has 0 saturated carbocycles. The average Bonchev–Trinajstić information content (AvgIpc) is 3.07. The number of nitrogen functional groups attached to an aromatic ring is 1. The fourth-order valence-electron chi connectivity index (χ4n) is 6.91. The average molecular weight is 657 g/mol. The predicted octanol–water partition coefficient (Wildman–Crippen LogP) is 13.9. The number of unbranched alkanes of at least 4 members (excludes halogenated alkanes) is 30. The van der Waals surface area contributed by atoms with Gasteiger partial charge in [0.05, 0.1) is 5.56 Å². The maximum Gasteiger partial charge on any atom is 0.257 e. The van der Waals surface area contributed by atoms with E-state index in [4.69, 9.17) is 5.73 Å². The lowest BCUT2D eigenvalue weighted by atomic mass is 10.0. The molecule has 0 saturated heterocycles. The van der Waals surface area contributed by atoms with E-state index in [-0.39, 0.29) is 11.7 Å². The molecule has 0 atom stereocenters. The van der Waals surface area contributed by atoms with E-state index in [9.17, 15) is 9.90 Å². The zero-order valence-electron chi connectivity index (χ0n) is 31.7. The lowest BCUT2D eigenvalue weighted by Gasteiger charge is -2.23. The van der Waals surface area contributed by atoms with E-state index in [0.717, 1.165) is 25.9 Å². The monoisotopic (exact) mass is 657 g/mol. The molecule has 0 radical (unpaired) electrons. The molecule has 4 heteroatoms. The number of nitrogens with zero attached hydrogens (tertiary/aromatic N) is 1.